The molecular formula is C12H17N3O4S. The molecule has 3 N–H and O–H groups in total. The van der Waals surface area contributed by atoms with Gasteiger partial charge in [0.25, 0.3) is 11.5 Å². The van der Waals surface area contributed by atoms with Crippen molar-refractivity contribution in [1.29, 1.82) is 0 Å². The topological polar surface area (TPSA) is 112 Å². The zero-order chi connectivity index (χ0) is 15.1. The Morgan fingerprint density at radius 3 is 2.80 bits per heavy atom. The number of carboxylic acid groups (broad SMARTS) is 1. The standard InChI is InChI=1S/C12H17N3O4S/c1-3-4-7(12(18)19)14-11(17)8-5-10(16)15-9(13-8)6-20-2/h5,7H,3-4,6H2,1-2H3,(H,14,17)(H,18,19)(H,13,15,16). The first-order valence-corrected chi connectivity index (χ1v) is 7.50. The SMILES string of the molecule is CCCC(NC(=O)c1cc(=O)[nH]c(CSC)n1)C(=O)O. The van der Waals surface area contributed by atoms with Crippen molar-refractivity contribution in [2.75, 3.05) is 6.26 Å². The Morgan fingerprint density at radius 1 is 1.55 bits per heavy atom. The monoisotopic (exact) mass is 299 g/mol. The number of nitrogens with one attached hydrogen (secondary N) is 2. The van der Waals surface area contributed by atoms with Gasteiger partial charge >= 0.3 is 5.97 Å². The van der Waals surface area contributed by atoms with E-state index < -0.39 is 23.5 Å². The van der Waals surface area contributed by atoms with Gasteiger partial charge in [-0.15, -0.1) is 0 Å². The van der Waals surface area contributed by atoms with E-state index in [2.05, 4.69) is 15.3 Å². The van der Waals surface area contributed by atoms with Gasteiger partial charge in [-0.25, -0.2) is 9.78 Å². The number of hydrogen-bond donors (Lipinski definition) is 3. The number of thioether (sulfide) groups is 1. The molecule has 8 heteroatoms. The molecule has 0 fully saturated rings. The lowest BCUT2D eigenvalue weighted by molar-refractivity contribution is -0.139. The Bertz CT molecular complexity index is 544. The van der Waals surface area contributed by atoms with Crippen molar-refractivity contribution in [3.63, 3.8) is 0 Å². The van der Waals surface area contributed by atoms with Crippen LogP contribution in [0.1, 0.15) is 36.1 Å². The molecule has 110 valence electrons. The highest BCUT2D eigenvalue weighted by Crippen LogP contribution is 2.04. The number of aromatic nitrogens is 2. The highest BCUT2D eigenvalue weighted by atomic mass is 32.2. The van der Waals surface area contributed by atoms with E-state index in [1.165, 1.54) is 11.8 Å². The van der Waals surface area contributed by atoms with E-state index in [1.807, 2.05) is 13.2 Å². The van der Waals surface area contributed by atoms with Crippen LogP contribution in [0, 0.1) is 0 Å². The second-order valence-corrected chi connectivity index (χ2v) is 5.03. The smallest absolute Gasteiger partial charge is 0.326 e. The minimum Gasteiger partial charge on any atom is -0.480 e. The van der Waals surface area contributed by atoms with Crippen LogP contribution in [-0.4, -0.2) is 39.2 Å². The van der Waals surface area contributed by atoms with E-state index in [0.717, 1.165) is 6.07 Å². The van der Waals surface area contributed by atoms with Crippen LogP contribution in [0.5, 0.6) is 0 Å². The summed E-state index contributed by atoms with van der Waals surface area (Å²) in [7, 11) is 0. The number of H-pyrrole nitrogens is 1. The number of aromatic amines is 1. The molecule has 1 rings (SSSR count). The maximum atomic E-state index is 11.9. The van der Waals surface area contributed by atoms with Crippen LogP contribution >= 0.6 is 11.8 Å². The summed E-state index contributed by atoms with van der Waals surface area (Å²) < 4.78 is 0. The van der Waals surface area contributed by atoms with Gasteiger partial charge in [0.15, 0.2) is 0 Å². The largest absolute Gasteiger partial charge is 0.480 e. The Morgan fingerprint density at radius 2 is 2.25 bits per heavy atom. The fourth-order valence-corrected chi connectivity index (χ4v) is 2.02. The van der Waals surface area contributed by atoms with Crippen LogP contribution < -0.4 is 10.9 Å². The number of carboxylic acids is 1. The molecule has 0 saturated carbocycles. The minimum atomic E-state index is -1.10. The van der Waals surface area contributed by atoms with E-state index in [9.17, 15) is 14.4 Å². The number of aliphatic carboxylic acids is 1. The van der Waals surface area contributed by atoms with Gasteiger partial charge in [0, 0.05) is 6.07 Å². The molecule has 0 bridgehead atoms. The molecule has 1 aromatic heterocycles. The van der Waals surface area contributed by atoms with Crippen molar-refractivity contribution >= 4 is 23.6 Å². The van der Waals surface area contributed by atoms with E-state index >= 15 is 0 Å². The Labute approximate surface area is 120 Å². The summed E-state index contributed by atoms with van der Waals surface area (Å²) >= 11 is 1.45. The van der Waals surface area contributed by atoms with Gasteiger partial charge < -0.3 is 15.4 Å². The van der Waals surface area contributed by atoms with E-state index in [0.29, 0.717) is 24.4 Å². The van der Waals surface area contributed by atoms with Gasteiger partial charge in [-0.05, 0) is 12.7 Å². The fraction of sp³-hybridized carbons (Fsp3) is 0.500. The average Bonchev–Trinajstić information content (AvgIpc) is 2.37. The number of carbonyl (C=O) groups is 2. The first-order valence-electron chi connectivity index (χ1n) is 6.10. The van der Waals surface area contributed by atoms with E-state index in [1.54, 1.807) is 0 Å². The molecule has 0 saturated heterocycles. The average molecular weight is 299 g/mol. The lowest BCUT2D eigenvalue weighted by Gasteiger charge is -2.13. The van der Waals surface area contributed by atoms with Crippen LogP contribution in [0.4, 0.5) is 0 Å². The zero-order valence-corrected chi connectivity index (χ0v) is 12.1. The third kappa shape index (κ3) is 4.69. The second-order valence-electron chi connectivity index (χ2n) is 4.16. The molecule has 1 amide bonds. The Hall–Kier alpha value is -1.83. The first-order chi connectivity index (χ1) is 9.47. The molecule has 1 atom stereocenters. The van der Waals surface area contributed by atoms with Gasteiger partial charge in [-0.3, -0.25) is 9.59 Å². The summed E-state index contributed by atoms with van der Waals surface area (Å²) in [5.41, 5.74) is -0.503. The molecule has 0 aliphatic rings. The first kappa shape index (κ1) is 16.2. The molecule has 0 aliphatic carbocycles. The quantitative estimate of drug-likeness (QED) is 0.680. The molecule has 0 spiro atoms. The Kier molecular flexibility index (Phi) is 6.23. The molecule has 1 aromatic rings. The normalized spacial score (nSPS) is 11.9. The van der Waals surface area contributed by atoms with Crippen molar-refractivity contribution in [2.45, 2.75) is 31.6 Å². The highest BCUT2D eigenvalue weighted by molar-refractivity contribution is 7.97. The van der Waals surface area contributed by atoms with E-state index in [-0.39, 0.29) is 5.69 Å². The van der Waals surface area contributed by atoms with Gasteiger partial charge in [-0.2, -0.15) is 11.8 Å². The fourth-order valence-electron chi connectivity index (χ4n) is 1.61. The summed E-state index contributed by atoms with van der Waals surface area (Å²) in [6.45, 7) is 1.82. The summed E-state index contributed by atoms with van der Waals surface area (Å²) in [6, 6.07) is 0.0851. The third-order valence-corrected chi connectivity index (χ3v) is 3.05. The van der Waals surface area contributed by atoms with Crippen molar-refractivity contribution in [3.8, 4) is 0 Å². The lowest BCUT2D eigenvalue weighted by atomic mass is 10.1. The van der Waals surface area contributed by atoms with Gasteiger partial charge in [0.2, 0.25) is 0 Å². The molecule has 1 heterocycles. The maximum absolute atomic E-state index is 11.9. The van der Waals surface area contributed by atoms with E-state index in [4.69, 9.17) is 5.11 Å². The van der Waals surface area contributed by atoms with Crippen molar-refractivity contribution < 1.29 is 14.7 Å². The molecular weight excluding hydrogens is 282 g/mol. The van der Waals surface area contributed by atoms with Crippen molar-refractivity contribution in [3.05, 3.63) is 27.9 Å². The maximum Gasteiger partial charge on any atom is 0.326 e. The highest BCUT2D eigenvalue weighted by Gasteiger charge is 2.20. The summed E-state index contributed by atoms with van der Waals surface area (Å²) in [6.07, 6.45) is 2.79. The van der Waals surface area contributed by atoms with Crippen molar-refractivity contribution in [1.82, 2.24) is 15.3 Å². The van der Waals surface area contributed by atoms with Gasteiger partial charge in [0.05, 0.1) is 5.75 Å². The minimum absolute atomic E-state index is 0.0693. The number of rotatable bonds is 7. The van der Waals surface area contributed by atoms with Crippen LogP contribution in [0.2, 0.25) is 0 Å². The van der Waals surface area contributed by atoms with Gasteiger partial charge in [-0.1, -0.05) is 13.3 Å². The van der Waals surface area contributed by atoms with Gasteiger partial charge in [0.1, 0.15) is 17.6 Å². The van der Waals surface area contributed by atoms with Crippen LogP contribution in [0.25, 0.3) is 0 Å². The number of hydrogen-bond acceptors (Lipinski definition) is 5. The summed E-state index contributed by atoms with van der Waals surface area (Å²) in [5.74, 6) is -0.903. The Balaban J connectivity index is 2.91. The van der Waals surface area contributed by atoms with Crippen LogP contribution in [0.3, 0.4) is 0 Å². The molecule has 1 unspecified atom stereocenters. The summed E-state index contributed by atoms with van der Waals surface area (Å²) in [5, 5.41) is 11.4. The number of nitrogens with zero attached hydrogens (tertiary/aromatic N) is 1. The molecule has 0 aliphatic heterocycles. The number of amides is 1. The number of carbonyl (C=O) groups excluding carboxylic acids is 1. The predicted octanol–water partition coefficient (Wildman–Crippen LogP) is 0.616. The molecule has 7 nitrogen and oxygen atoms in total. The van der Waals surface area contributed by atoms with Crippen LogP contribution in [-0.2, 0) is 10.5 Å². The third-order valence-electron chi connectivity index (χ3n) is 2.49. The molecule has 0 radical (unpaired) electrons. The molecule has 0 aromatic carbocycles. The van der Waals surface area contributed by atoms with Crippen LogP contribution in [0.15, 0.2) is 10.9 Å². The molecule has 20 heavy (non-hydrogen) atoms. The van der Waals surface area contributed by atoms with Crippen molar-refractivity contribution in [2.24, 2.45) is 0 Å². The lowest BCUT2D eigenvalue weighted by Crippen LogP contribution is -2.41. The summed E-state index contributed by atoms with van der Waals surface area (Å²) in [4.78, 5) is 40.9. The second kappa shape index (κ2) is 7.68. The predicted molar refractivity (Wildman–Crippen MR) is 75.9 cm³/mol. The zero-order valence-electron chi connectivity index (χ0n) is 11.3.